The van der Waals surface area contributed by atoms with Crippen molar-refractivity contribution < 1.29 is 4.74 Å². The lowest BCUT2D eigenvalue weighted by molar-refractivity contribution is 0.0144. The van der Waals surface area contributed by atoms with Crippen molar-refractivity contribution in [3.8, 4) is 0 Å². The number of hydrogen-bond donors (Lipinski definition) is 1. The smallest absolute Gasteiger partial charge is 0.146 e. The quantitative estimate of drug-likeness (QED) is 0.913. The average Bonchev–Trinajstić information content (AvgIpc) is 2.77. The molecule has 18 heavy (non-hydrogen) atoms. The van der Waals surface area contributed by atoms with Gasteiger partial charge in [0.15, 0.2) is 0 Å². The fraction of sp³-hybridized carbons (Fsp3) is 0.846. The molecule has 0 aromatic carbocycles. The van der Waals surface area contributed by atoms with E-state index in [1.165, 1.54) is 12.8 Å². The molecule has 0 bridgehead atoms. The van der Waals surface area contributed by atoms with Gasteiger partial charge in [0.2, 0.25) is 0 Å². The summed E-state index contributed by atoms with van der Waals surface area (Å²) in [5, 5.41) is 14.2. The first-order valence-electron chi connectivity index (χ1n) is 6.73. The van der Waals surface area contributed by atoms with Crippen LogP contribution in [0, 0.1) is 0 Å². The molecule has 1 unspecified atom stereocenters. The maximum atomic E-state index is 5.73. The summed E-state index contributed by atoms with van der Waals surface area (Å²) in [7, 11) is 0. The minimum absolute atomic E-state index is 0.167. The van der Waals surface area contributed by atoms with Crippen LogP contribution in [0.2, 0.25) is 0 Å². The van der Waals surface area contributed by atoms with Gasteiger partial charge in [-0.1, -0.05) is 11.3 Å². The topological polar surface area (TPSA) is 47.0 Å². The predicted octanol–water partition coefficient (Wildman–Crippen LogP) is 2.71. The minimum atomic E-state index is 0.167. The van der Waals surface area contributed by atoms with Crippen LogP contribution in [0.3, 0.4) is 0 Å². The van der Waals surface area contributed by atoms with E-state index in [0.29, 0.717) is 0 Å². The highest BCUT2D eigenvalue weighted by atomic mass is 32.1. The van der Waals surface area contributed by atoms with Gasteiger partial charge in [-0.15, -0.1) is 10.2 Å². The molecular weight excluding hydrogens is 246 g/mol. The third kappa shape index (κ3) is 4.30. The van der Waals surface area contributed by atoms with Gasteiger partial charge < -0.3 is 10.1 Å². The summed E-state index contributed by atoms with van der Waals surface area (Å²) in [5.41, 5.74) is 0.167. The van der Waals surface area contributed by atoms with Gasteiger partial charge >= 0.3 is 0 Å². The monoisotopic (exact) mass is 269 g/mol. The maximum absolute atomic E-state index is 5.73. The van der Waals surface area contributed by atoms with Crippen molar-refractivity contribution in [2.75, 3.05) is 13.2 Å². The van der Waals surface area contributed by atoms with Gasteiger partial charge in [-0.2, -0.15) is 0 Å². The Bertz CT molecular complexity index is 367. The van der Waals surface area contributed by atoms with Crippen LogP contribution < -0.4 is 5.32 Å². The second-order valence-electron chi connectivity index (χ2n) is 5.82. The van der Waals surface area contributed by atoms with E-state index in [2.05, 4.69) is 36.3 Å². The number of nitrogens with zero attached hydrogens (tertiary/aromatic N) is 2. The maximum Gasteiger partial charge on any atom is 0.146 e. The van der Waals surface area contributed by atoms with Crippen LogP contribution in [-0.4, -0.2) is 28.9 Å². The van der Waals surface area contributed by atoms with E-state index in [-0.39, 0.29) is 11.6 Å². The van der Waals surface area contributed by atoms with Crippen molar-refractivity contribution in [3.05, 3.63) is 10.0 Å². The van der Waals surface area contributed by atoms with Crippen LogP contribution in [-0.2, 0) is 11.2 Å². The Morgan fingerprint density at radius 1 is 1.33 bits per heavy atom. The molecule has 1 N–H and O–H groups in total. The summed E-state index contributed by atoms with van der Waals surface area (Å²) in [5.74, 6) is 0. The predicted molar refractivity (Wildman–Crippen MR) is 73.9 cm³/mol. The number of ether oxygens (including phenoxy) is 1. The molecular formula is C13H23N3OS. The minimum Gasteiger partial charge on any atom is -0.371 e. The van der Waals surface area contributed by atoms with Gasteiger partial charge in [-0.25, -0.2) is 0 Å². The van der Waals surface area contributed by atoms with E-state index >= 15 is 0 Å². The fourth-order valence-electron chi connectivity index (χ4n) is 1.98. The van der Waals surface area contributed by atoms with Crippen LogP contribution in [0.1, 0.15) is 56.2 Å². The highest BCUT2D eigenvalue weighted by Gasteiger charge is 2.20. The summed E-state index contributed by atoms with van der Waals surface area (Å²) in [6, 6.07) is 0. The average molecular weight is 269 g/mol. The molecule has 2 rings (SSSR count). The van der Waals surface area contributed by atoms with Crippen LogP contribution >= 0.6 is 11.3 Å². The highest BCUT2D eigenvalue weighted by molar-refractivity contribution is 7.11. The number of hydrogen-bond acceptors (Lipinski definition) is 5. The molecule has 1 atom stereocenters. The van der Waals surface area contributed by atoms with Crippen molar-refractivity contribution >= 4 is 11.3 Å². The van der Waals surface area contributed by atoms with Crippen molar-refractivity contribution in [1.29, 1.82) is 0 Å². The third-order valence-electron chi connectivity index (χ3n) is 2.93. The molecule has 0 radical (unpaired) electrons. The first-order valence-corrected chi connectivity index (χ1v) is 7.55. The highest BCUT2D eigenvalue weighted by Crippen LogP contribution is 2.29. The number of nitrogens with one attached hydrogen (secondary N) is 1. The largest absolute Gasteiger partial charge is 0.371 e. The molecule has 102 valence electrons. The molecule has 5 heteroatoms. The van der Waals surface area contributed by atoms with Crippen LogP contribution in [0.4, 0.5) is 0 Å². The van der Waals surface area contributed by atoms with Crippen molar-refractivity contribution in [3.63, 3.8) is 0 Å². The summed E-state index contributed by atoms with van der Waals surface area (Å²) in [6.07, 6.45) is 4.65. The van der Waals surface area contributed by atoms with E-state index in [1.807, 2.05) is 0 Å². The molecule has 1 aliphatic rings. The van der Waals surface area contributed by atoms with Gasteiger partial charge in [0.05, 0.1) is 0 Å². The van der Waals surface area contributed by atoms with Gasteiger partial charge in [-0.3, -0.25) is 0 Å². The lowest BCUT2D eigenvalue weighted by Crippen LogP contribution is -2.37. The van der Waals surface area contributed by atoms with E-state index in [4.69, 9.17) is 4.74 Å². The van der Waals surface area contributed by atoms with E-state index < -0.39 is 0 Å². The summed E-state index contributed by atoms with van der Waals surface area (Å²) in [4.78, 5) is 0. The van der Waals surface area contributed by atoms with Crippen molar-refractivity contribution in [2.45, 2.75) is 58.1 Å². The Morgan fingerprint density at radius 3 is 2.83 bits per heavy atom. The number of aromatic nitrogens is 2. The standard InChI is InChI=1S/C13H23N3OS/c1-13(2,3)14-8-7-11-15-16-12(18-11)10-6-4-5-9-17-10/h10,14H,4-9H2,1-3H3. The molecule has 2 heterocycles. The van der Waals surface area contributed by atoms with Crippen LogP contribution in [0.5, 0.6) is 0 Å². The van der Waals surface area contributed by atoms with Crippen molar-refractivity contribution in [1.82, 2.24) is 15.5 Å². The molecule has 1 aromatic rings. The van der Waals surface area contributed by atoms with Gasteiger partial charge in [-0.05, 0) is 40.0 Å². The third-order valence-corrected chi connectivity index (χ3v) is 4.01. The zero-order chi connectivity index (χ0) is 13.0. The molecule has 0 aliphatic carbocycles. The fourth-order valence-corrected chi connectivity index (χ4v) is 2.90. The molecule has 4 nitrogen and oxygen atoms in total. The summed E-state index contributed by atoms with van der Waals surface area (Å²) >= 11 is 1.70. The zero-order valence-electron chi connectivity index (χ0n) is 11.5. The van der Waals surface area contributed by atoms with Crippen molar-refractivity contribution in [2.24, 2.45) is 0 Å². The van der Waals surface area contributed by atoms with Crippen LogP contribution in [0.25, 0.3) is 0 Å². The molecule has 1 aliphatic heterocycles. The van der Waals surface area contributed by atoms with Gasteiger partial charge in [0, 0.05) is 25.1 Å². The Balaban J connectivity index is 1.82. The molecule has 0 saturated carbocycles. The van der Waals surface area contributed by atoms with E-state index in [0.717, 1.165) is 36.0 Å². The lowest BCUT2D eigenvalue weighted by atomic mass is 10.1. The molecule has 0 amide bonds. The molecule has 1 fully saturated rings. The van der Waals surface area contributed by atoms with E-state index in [9.17, 15) is 0 Å². The van der Waals surface area contributed by atoms with E-state index in [1.54, 1.807) is 11.3 Å². The second kappa shape index (κ2) is 6.08. The second-order valence-corrected chi connectivity index (χ2v) is 6.91. The summed E-state index contributed by atoms with van der Waals surface area (Å²) < 4.78 is 5.73. The number of rotatable bonds is 4. The lowest BCUT2D eigenvalue weighted by Gasteiger charge is -2.20. The Hall–Kier alpha value is -0.520. The van der Waals surface area contributed by atoms with Gasteiger partial charge in [0.1, 0.15) is 16.1 Å². The zero-order valence-corrected chi connectivity index (χ0v) is 12.3. The Morgan fingerprint density at radius 2 is 2.17 bits per heavy atom. The summed E-state index contributed by atoms with van der Waals surface area (Å²) in [6.45, 7) is 8.34. The van der Waals surface area contributed by atoms with Gasteiger partial charge in [0.25, 0.3) is 0 Å². The molecule has 1 aromatic heterocycles. The van der Waals surface area contributed by atoms with Crippen LogP contribution in [0.15, 0.2) is 0 Å². The Labute approximate surface area is 113 Å². The molecule has 1 saturated heterocycles. The molecule has 0 spiro atoms. The SMILES string of the molecule is CC(C)(C)NCCc1nnc(C2CCCCO2)s1. The Kier molecular flexibility index (Phi) is 4.70. The first-order chi connectivity index (χ1) is 8.54. The first kappa shape index (κ1) is 13.9. The normalized spacial score (nSPS) is 21.2.